The fourth-order valence-electron chi connectivity index (χ4n) is 1.11. The summed E-state index contributed by atoms with van der Waals surface area (Å²) in [5.41, 5.74) is 10.1. The molecule has 5 nitrogen and oxygen atoms in total. The maximum atomic E-state index is 11.3. The Balaban J connectivity index is 4.23. The van der Waals surface area contributed by atoms with E-state index in [1.807, 2.05) is 0 Å². The Morgan fingerprint density at radius 1 is 1.46 bits per heavy atom. The quantitative estimate of drug-likeness (QED) is 0.538. The van der Waals surface area contributed by atoms with Crippen molar-refractivity contribution in [3.63, 3.8) is 0 Å². The van der Waals surface area contributed by atoms with Crippen LogP contribution in [0.25, 0.3) is 0 Å². The molecule has 0 aliphatic carbocycles. The topological polar surface area (TPSA) is 87.6 Å². The summed E-state index contributed by atoms with van der Waals surface area (Å²) in [6.07, 6.45) is 1.15. The molecule has 0 rings (SSSR count). The Bertz CT molecular complexity index is 163. The molecule has 0 aromatic carbocycles. The van der Waals surface area contributed by atoms with E-state index >= 15 is 0 Å². The number of rotatable bonds is 6. The largest absolute Gasteiger partial charge is 0.468 e. The third-order valence-corrected chi connectivity index (χ3v) is 1.82. The van der Waals surface area contributed by atoms with E-state index < -0.39 is 11.5 Å². The minimum Gasteiger partial charge on any atom is -0.468 e. The van der Waals surface area contributed by atoms with Gasteiger partial charge in [0.1, 0.15) is 5.54 Å². The normalized spacial score (nSPS) is 15.1. The molecule has 0 fully saturated rings. The van der Waals surface area contributed by atoms with Gasteiger partial charge in [0, 0.05) is 7.11 Å². The van der Waals surface area contributed by atoms with Crippen molar-refractivity contribution in [2.75, 3.05) is 27.4 Å². The maximum Gasteiger partial charge on any atom is 0.328 e. The number of hydrogen-bond donors (Lipinski definition) is 2. The number of methoxy groups -OCH3 is 2. The van der Waals surface area contributed by atoms with Crippen molar-refractivity contribution in [2.24, 2.45) is 11.5 Å². The zero-order valence-electron chi connectivity index (χ0n) is 8.21. The number of nitrogens with two attached hydrogens (primary N) is 2. The van der Waals surface area contributed by atoms with Gasteiger partial charge in [-0.25, -0.2) is 4.79 Å². The Labute approximate surface area is 78.4 Å². The van der Waals surface area contributed by atoms with Crippen LogP contribution < -0.4 is 11.5 Å². The molecule has 0 aliphatic heterocycles. The molecule has 0 aromatic heterocycles. The number of esters is 1. The van der Waals surface area contributed by atoms with Gasteiger partial charge >= 0.3 is 5.97 Å². The Morgan fingerprint density at radius 3 is 2.46 bits per heavy atom. The van der Waals surface area contributed by atoms with Crippen LogP contribution in [0.2, 0.25) is 0 Å². The van der Waals surface area contributed by atoms with E-state index in [-0.39, 0.29) is 6.61 Å². The van der Waals surface area contributed by atoms with Crippen molar-refractivity contribution >= 4 is 5.97 Å². The SMILES string of the molecule is COC[C@](N)(CCCN)C(=O)OC. The van der Waals surface area contributed by atoms with Crippen LogP contribution in [0.3, 0.4) is 0 Å². The fourth-order valence-corrected chi connectivity index (χ4v) is 1.11. The first kappa shape index (κ1) is 12.3. The number of hydrogen-bond acceptors (Lipinski definition) is 5. The Hall–Kier alpha value is -0.650. The molecule has 0 radical (unpaired) electrons. The van der Waals surface area contributed by atoms with Crippen molar-refractivity contribution in [1.82, 2.24) is 0 Å². The minimum absolute atomic E-state index is 0.152. The van der Waals surface area contributed by atoms with Crippen LogP contribution >= 0.6 is 0 Å². The number of carbonyl (C=O) groups excluding carboxylic acids is 1. The number of carbonyl (C=O) groups is 1. The standard InChI is InChI=1S/C8H18N2O3/c1-12-6-8(10,4-3-5-9)7(11)13-2/h3-6,9-10H2,1-2H3/t8-/m1/s1. The summed E-state index contributed by atoms with van der Waals surface area (Å²) in [4.78, 5) is 11.3. The average molecular weight is 190 g/mol. The first-order chi connectivity index (χ1) is 6.10. The highest BCUT2D eigenvalue weighted by Crippen LogP contribution is 2.11. The zero-order valence-corrected chi connectivity index (χ0v) is 8.21. The smallest absolute Gasteiger partial charge is 0.328 e. The molecular formula is C8H18N2O3. The van der Waals surface area contributed by atoms with Crippen molar-refractivity contribution in [3.8, 4) is 0 Å². The molecule has 0 saturated carbocycles. The molecule has 0 amide bonds. The molecule has 78 valence electrons. The zero-order chi connectivity index (χ0) is 10.3. The highest BCUT2D eigenvalue weighted by atomic mass is 16.5. The summed E-state index contributed by atoms with van der Waals surface area (Å²) in [6.45, 7) is 0.652. The molecule has 0 spiro atoms. The third kappa shape index (κ3) is 3.71. The molecule has 1 atom stereocenters. The average Bonchev–Trinajstić information content (AvgIpc) is 2.14. The lowest BCUT2D eigenvalue weighted by Crippen LogP contribution is -2.52. The van der Waals surface area contributed by atoms with E-state index in [0.29, 0.717) is 19.4 Å². The first-order valence-corrected chi connectivity index (χ1v) is 4.17. The van der Waals surface area contributed by atoms with Crippen LogP contribution in [0.5, 0.6) is 0 Å². The van der Waals surface area contributed by atoms with E-state index in [1.165, 1.54) is 14.2 Å². The van der Waals surface area contributed by atoms with E-state index in [1.54, 1.807) is 0 Å². The van der Waals surface area contributed by atoms with Gasteiger partial charge in [0.15, 0.2) is 0 Å². The molecule has 4 N–H and O–H groups in total. The van der Waals surface area contributed by atoms with Gasteiger partial charge in [0.05, 0.1) is 13.7 Å². The summed E-state index contributed by atoms with van der Waals surface area (Å²) in [5.74, 6) is -0.456. The van der Waals surface area contributed by atoms with Gasteiger partial charge in [-0.2, -0.15) is 0 Å². The van der Waals surface area contributed by atoms with Crippen LogP contribution in [0, 0.1) is 0 Å². The van der Waals surface area contributed by atoms with Crippen molar-refractivity contribution in [3.05, 3.63) is 0 Å². The van der Waals surface area contributed by atoms with E-state index in [2.05, 4.69) is 4.74 Å². The van der Waals surface area contributed by atoms with Gasteiger partial charge in [0.2, 0.25) is 0 Å². The molecule has 13 heavy (non-hydrogen) atoms. The van der Waals surface area contributed by atoms with Gasteiger partial charge in [-0.3, -0.25) is 0 Å². The van der Waals surface area contributed by atoms with Crippen molar-refractivity contribution in [2.45, 2.75) is 18.4 Å². The minimum atomic E-state index is -1.05. The van der Waals surface area contributed by atoms with E-state index in [4.69, 9.17) is 16.2 Å². The predicted molar refractivity (Wildman–Crippen MR) is 49.1 cm³/mol. The summed E-state index contributed by atoms with van der Waals surface area (Å²) in [7, 11) is 2.80. The fraction of sp³-hybridized carbons (Fsp3) is 0.875. The molecule has 0 bridgehead atoms. The maximum absolute atomic E-state index is 11.3. The number of ether oxygens (including phenoxy) is 2. The second kappa shape index (κ2) is 5.90. The van der Waals surface area contributed by atoms with Crippen LogP contribution in [0.4, 0.5) is 0 Å². The van der Waals surface area contributed by atoms with Crippen LogP contribution in [-0.2, 0) is 14.3 Å². The Morgan fingerprint density at radius 2 is 2.08 bits per heavy atom. The molecule has 0 aromatic rings. The van der Waals surface area contributed by atoms with Gasteiger partial charge in [-0.05, 0) is 19.4 Å². The summed E-state index contributed by atoms with van der Waals surface area (Å²) in [6, 6.07) is 0. The lowest BCUT2D eigenvalue weighted by Gasteiger charge is -2.25. The third-order valence-electron chi connectivity index (χ3n) is 1.82. The highest BCUT2D eigenvalue weighted by molar-refractivity contribution is 5.80. The van der Waals surface area contributed by atoms with Crippen LogP contribution in [0.15, 0.2) is 0 Å². The second-order valence-corrected chi connectivity index (χ2v) is 2.97. The molecule has 0 aliphatic rings. The van der Waals surface area contributed by atoms with Gasteiger partial charge in [-0.1, -0.05) is 0 Å². The van der Waals surface area contributed by atoms with Crippen molar-refractivity contribution in [1.29, 1.82) is 0 Å². The summed E-state index contributed by atoms with van der Waals surface area (Å²) in [5, 5.41) is 0. The van der Waals surface area contributed by atoms with Crippen LogP contribution in [0.1, 0.15) is 12.8 Å². The summed E-state index contributed by atoms with van der Waals surface area (Å²) >= 11 is 0. The Kier molecular flexibility index (Phi) is 5.61. The molecule has 0 unspecified atom stereocenters. The van der Waals surface area contributed by atoms with Gasteiger partial charge in [0.25, 0.3) is 0 Å². The lowest BCUT2D eigenvalue weighted by molar-refractivity contribution is -0.149. The van der Waals surface area contributed by atoms with Gasteiger partial charge < -0.3 is 20.9 Å². The molecular weight excluding hydrogens is 172 g/mol. The van der Waals surface area contributed by atoms with E-state index in [9.17, 15) is 4.79 Å². The monoisotopic (exact) mass is 190 g/mol. The lowest BCUT2D eigenvalue weighted by atomic mass is 9.96. The van der Waals surface area contributed by atoms with Crippen LogP contribution in [-0.4, -0.2) is 38.9 Å². The van der Waals surface area contributed by atoms with Crippen molar-refractivity contribution < 1.29 is 14.3 Å². The van der Waals surface area contributed by atoms with E-state index in [0.717, 1.165) is 0 Å². The van der Waals surface area contributed by atoms with Gasteiger partial charge in [-0.15, -0.1) is 0 Å². The second-order valence-electron chi connectivity index (χ2n) is 2.97. The predicted octanol–water partition coefficient (Wildman–Crippen LogP) is -0.758. The highest BCUT2D eigenvalue weighted by Gasteiger charge is 2.34. The first-order valence-electron chi connectivity index (χ1n) is 4.17. The molecule has 0 saturated heterocycles. The molecule has 0 heterocycles. The summed E-state index contributed by atoms with van der Waals surface area (Å²) < 4.78 is 9.44. The molecule has 5 heteroatoms.